The van der Waals surface area contributed by atoms with Gasteiger partial charge in [-0.25, -0.2) is 8.42 Å². The molecule has 0 aliphatic heterocycles. The van der Waals surface area contributed by atoms with Gasteiger partial charge in [0.25, 0.3) is 15.9 Å². The van der Waals surface area contributed by atoms with Crippen molar-refractivity contribution in [2.24, 2.45) is 0 Å². The van der Waals surface area contributed by atoms with Gasteiger partial charge in [0.05, 0.1) is 17.7 Å². The predicted molar refractivity (Wildman–Crippen MR) is 119 cm³/mol. The van der Waals surface area contributed by atoms with E-state index in [1.807, 2.05) is 24.3 Å². The van der Waals surface area contributed by atoms with Crippen molar-refractivity contribution in [1.29, 1.82) is 0 Å². The summed E-state index contributed by atoms with van der Waals surface area (Å²) in [6, 6.07) is 22.3. The number of ether oxygens (including phenoxy) is 2. The molecule has 32 heavy (non-hydrogen) atoms. The molecule has 1 heterocycles. The van der Waals surface area contributed by atoms with Crippen LogP contribution in [0.4, 0.5) is 5.69 Å². The van der Waals surface area contributed by atoms with E-state index in [1.54, 1.807) is 61.7 Å². The zero-order chi connectivity index (χ0) is 22.6. The number of hydrogen-bond donors (Lipinski definition) is 0. The lowest BCUT2D eigenvalue weighted by Crippen LogP contribution is -2.26. The standard InChI is InChI=1S/C23H21N3O5S/c1-26(32(27,28)21-6-4-3-5-7-21)18-10-14-20(15-11-18)30-16-22-24-25-23(31-22)17-8-12-19(29-2)13-9-17/h3-15H,16H2,1-2H3. The lowest BCUT2D eigenvalue weighted by atomic mass is 10.2. The number of nitrogens with zero attached hydrogens (tertiary/aromatic N) is 3. The highest BCUT2D eigenvalue weighted by Gasteiger charge is 2.20. The van der Waals surface area contributed by atoms with Gasteiger partial charge in [-0.2, -0.15) is 0 Å². The van der Waals surface area contributed by atoms with E-state index in [0.29, 0.717) is 23.2 Å². The van der Waals surface area contributed by atoms with Crippen LogP contribution in [0.25, 0.3) is 11.5 Å². The maximum Gasteiger partial charge on any atom is 0.264 e. The Morgan fingerprint density at radius 3 is 2.19 bits per heavy atom. The summed E-state index contributed by atoms with van der Waals surface area (Å²) in [5.74, 6) is 1.99. The number of aromatic nitrogens is 2. The van der Waals surface area contributed by atoms with Crippen molar-refractivity contribution in [1.82, 2.24) is 10.2 Å². The Morgan fingerprint density at radius 1 is 0.875 bits per heavy atom. The molecule has 3 aromatic carbocycles. The largest absolute Gasteiger partial charge is 0.497 e. The smallest absolute Gasteiger partial charge is 0.264 e. The number of sulfonamides is 1. The number of hydrogen-bond acceptors (Lipinski definition) is 7. The molecule has 9 heteroatoms. The summed E-state index contributed by atoms with van der Waals surface area (Å²) in [5.41, 5.74) is 1.29. The second kappa shape index (κ2) is 9.11. The third kappa shape index (κ3) is 4.57. The van der Waals surface area contributed by atoms with Gasteiger partial charge < -0.3 is 13.9 Å². The maximum absolute atomic E-state index is 12.7. The molecular formula is C23H21N3O5S. The normalized spacial score (nSPS) is 11.2. The van der Waals surface area contributed by atoms with E-state index in [-0.39, 0.29) is 11.5 Å². The summed E-state index contributed by atoms with van der Waals surface area (Å²) >= 11 is 0. The van der Waals surface area contributed by atoms with Crippen LogP contribution in [-0.2, 0) is 16.6 Å². The minimum atomic E-state index is -3.64. The topological polar surface area (TPSA) is 94.8 Å². The van der Waals surface area contributed by atoms with Gasteiger partial charge in [0.2, 0.25) is 5.89 Å². The third-order valence-electron chi connectivity index (χ3n) is 4.77. The third-order valence-corrected chi connectivity index (χ3v) is 6.57. The van der Waals surface area contributed by atoms with Crippen molar-refractivity contribution >= 4 is 15.7 Å². The molecule has 4 rings (SSSR count). The number of rotatable bonds is 8. The first kappa shape index (κ1) is 21.4. The highest BCUT2D eigenvalue weighted by Crippen LogP contribution is 2.25. The van der Waals surface area contributed by atoms with Gasteiger partial charge >= 0.3 is 0 Å². The molecule has 0 saturated carbocycles. The first-order valence-electron chi connectivity index (χ1n) is 9.71. The minimum Gasteiger partial charge on any atom is -0.497 e. The molecule has 0 aliphatic carbocycles. The zero-order valence-corrected chi connectivity index (χ0v) is 18.3. The van der Waals surface area contributed by atoms with Crippen LogP contribution in [0.3, 0.4) is 0 Å². The molecule has 0 unspecified atom stereocenters. The average Bonchev–Trinajstić information content (AvgIpc) is 3.32. The Morgan fingerprint density at radius 2 is 1.53 bits per heavy atom. The second-order valence-electron chi connectivity index (χ2n) is 6.80. The Hall–Kier alpha value is -3.85. The van der Waals surface area contributed by atoms with Crippen LogP contribution < -0.4 is 13.8 Å². The van der Waals surface area contributed by atoms with E-state index in [2.05, 4.69) is 10.2 Å². The van der Waals surface area contributed by atoms with Gasteiger partial charge in [0.1, 0.15) is 11.5 Å². The highest BCUT2D eigenvalue weighted by atomic mass is 32.2. The van der Waals surface area contributed by atoms with Gasteiger partial charge in [-0.3, -0.25) is 4.31 Å². The minimum absolute atomic E-state index is 0.0840. The zero-order valence-electron chi connectivity index (χ0n) is 17.5. The van der Waals surface area contributed by atoms with E-state index in [1.165, 1.54) is 11.4 Å². The molecule has 0 amide bonds. The molecule has 0 saturated heterocycles. The van der Waals surface area contributed by atoms with Crippen molar-refractivity contribution < 1.29 is 22.3 Å². The molecule has 0 aliphatic rings. The van der Waals surface area contributed by atoms with E-state index < -0.39 is 10.0 Å². The van der Waals surface area contributed by atoms with Crippen LogP contribution in [-0.4, -0.2) is 32.8 Å². The van der Waals surface area contributed by atoms with E-state index in [0.717, 1.165) is 11.3 Å². The Balaban J connectivity index is 1.40. The number of methoxy groups -OCH3 is 1. The molecule has 1 aromatic heterocycles. The lowest BCUT2D eigenvalue weighted by Gasteiger charge is -2.19. The van der Waals surface area contributed by atoms with E-state index >= 15 is 0 Å². The Bertz CT molecular complexity index is 1270. The van der Waals surface area contributed by atoms with E-state index in [9.17, 15) is 8.42 Å². The van der Waals surface area contributed by atoms with Crippen LogP contribution in [0.2, 0.25) is 0 Å². The average molecular weight is 452 g/mol. The van der Waals surface area contributed by atoms with Crippen LogP contribution in [0, 0.1) is 0 Å². The first-order chi connectivity index (χ1) is 15.5. The molecule has 0 spiro atoms. The number of benzene rings is 3. The molecule has 4 aromatic rings. The fourth-order valence-corrected chi connectivity index (χ4v) is 4.17. The quantitative estimate of drug-likeness (QED) is 0.397. The first-order valence-corrected chi connectivity index (χ1v) is 11.1. The van der Waals surface area contributed by atoms with Crippen LogP contribution in [0.15, 0.2) is 88.2 Å². The molecule has 0 N–H and O–H groups in total. The molecule has 164 valence electrons. The summed E-state index contributed by atoms with van der Waals surface area (Å²) in [6.45, 7) is 0.0840. The van der Waals surface area contributed by atoms with Crippen molar-refractivity contribution in [3.05, 3.63) is 84.8 Å². The Kier molecular flexibility index (Phi) is 6.09. The molecular weight excluding hydrogens is 430 g/mol. The Labute approximate surface area is 186 Å². The van der Waals surface area contributed by atoms with Gasteiger partial charge in [-0.15, -0.1) is 10.2 Å². The summed E-state index contributed by atoms with van der Waals surface area (Å²) in [5, 5.41) is 8.04. The summed E-state index contributed by atoms with van der Waals surface area (Å²) < 4.78 is 43.2. The van der Waals surface area contributed by atoms with Gasteiger partial charge in [0.15, 0.2) is 6.61 Å². The molecule has 8 nitrogen and oxygen atoms in total. The van der Waals surface area contributed by atoms with Crippen molar-refractivity contribution in [3.63, 3.8) is 0 Å². The summed E-state index contributed by atoms with van der Waals surface area (Å²) in [6.07, 6.45) is 0. The summed E-state index contributed by atoms with van der Waals surface area (Å²) in [4.78, 5) is 0.229. The fourth-order valence-electron chi connectivity index (χ4n) is 2.95. The van der Waals surface area contributed by atoms with Crippen LogP contribution >= 0.6 is 0 Å². The number of anilines is 1. The monoisotopic (exact) mass is 451 g/mol. The van der Waals surface area contributed by atoms with Crippen LogP contribution in [0.1, 0.15) is 5.89 Å². The molecule has 0 bridgehead atoms. The molecule has 0 atom stereocenters. The van der Waals surface area contributed by atoms with E-state index in [4.69, 9.17) is 13.9 Å². The van der Waals surface area contributed by atoms with Crippen molar-refractivity contribution in [2.75, 3.05) is 18.5 Å². The molecule has 0 fully saturated rings. The van der Waals surface area contributed by atoms with Crippen LogP contribution in [0.5, 0.6) is 11.5 Å². The van der Waals surface area contributed by atoms with Gasteiger partial charge in [-0.1, -0.05) is 18.2 Å². The highest BCUT2D eigenvalue weighted by molar-refractivity contribution is 7.92. The SMILES string of the molecule is COc1ccc(-c2nnc(COc3ccc(N(C)S(=O)(=O)c4ccccc4)cc3)o2)cc1. The lowest BCUT2D eigenvalue weighted by molar-refractivity contribution is 0.264. The maximum atomic E-state index is 12.7. The molecule has 0 radical (unpaired) electrons. The fraction of sp³-hybridized carbons (Fsp3) is 0.130. The van der Waals surface area contributed by atoms with Crippen molar-refractivity contribution in [2.45, 2.75) is 11.5 Å². The van der Waals surface area contributed by atoms with Gasteiger partial charge in [-0.05, 0) is 60.7 Å². The van der Waals surface area contributed by atoms with Crippen molar-refractivity contribution in [3.8, 4) is 23.0 Å². The second-order valence-corrected chi connectivity index (χ2v) is 8.77. The van der Waals surface area contributed by atoms with Gasteiger partial charge in [0, 0.05) is 12.6 Å². The summed E-state index contributed by atoms with van der Waals surface area (Å²) in [7, 11) is -0.525. The predicted octanol–water partition coefficient (Wildman–Crippen LogP) is 4.15.